The van der Waals surface area contributed by atoms with E-state index in [0.29, 0.717) is 0 Å². The molecule has 0 unspecified atom stereocenters. The minimum absolute atomic E-state index is 0.0162. The third kappa shape index (κ3) is 1.99. The molecule has 0 heterocycles. The van der Waals surface area contributed by atoms with E-state index in [1.165, 1.54) is 5.01 Å². The van der Waals surface area contributed by atoms with E-state index >= 15 is 0 Å². The van der Waals surface area contributed by atoms with Crippen molar-refractivity contribution >= 4 is 5.96 Å². The number of nitrogens with two attached hydrogens (primary N) is 1. The fourth-order valence-electron chi connectivity index (χ4n) is 0.120. The van der Waals surface area contributed by atoms with Crippen LogP contribution in [0.2, 0.25) is 0 Å². The van der Waals surface area contributed by atoms with Crippen molar-refractivity contribution in [2.45, 2.75) is 0 Å². The Kier molecular flexibility index (Phi) is 2.15. The molecule has 0 spiro atoms. The molecule has 0 radical (unpaired) electrons. The van der Waals surface area contributed by atoms with Crippen molar-refractivity contribution in [3.63, 3.8) is 0 Å². The summed E-state index contributed by atoms with van der Waals surface area (Å²) >= 11 is 0. The standard InChI is InChI=1S/C3H10N4/c1-6-7(2)3(4)5/h6H,1-2H3,(H3,4,5). The second-order valence-corrected chi connectivity index (χ2v) is 1.17. The van der Waals surface area contributed by atoms with Crippen LogP contribution in [0.5, 0.6) is 0 Å². The van der Waals surface area contributed by atoms with Gasteiger partial charge in [-0.3, -0.25) is 10.4 Å². The molecule has 0 atom stereocenters. The summed E-state index contributed by atoms with van der Waals surface area (Å²) in [6, 6.07) is 0. The zero-order valence-electron chi connectivity index (χ0n) is 4.52. The molecule has 42 valence electrons. The average molecular weight is 102 g/mol. The fourth-order valence-corrected chi connectivity index (χ4v) is 0.120. The van der Waals surface area contributed by atoms with Crippen LogP contribution >= 0.6 is 0 Å². The molecule has 0 aliphatic heterocycles. The van der Waals surface area contributed by atoms with Crippen LogP contribution in [0, 0.1) is 5.41 Å². The predicted octanol–water partition coefficient (Wildman–Crippen LogP) is -1.05. The predicted molar refractivity (Wildman–Crippen MR) is 28.7 cm³/mol. The van der Waals surface area contributed by atoms with Gasteiger partial charge in [-0.2, -0.15) is 0 Å². The van der Waals surface area contributed by atoms with E-state index in [2.05, 4.69) is 5.43 Å². The Bertz CT molecular complexity index is 69.3. The van der Waals surface area contributed by atoms with Crippen molar-refractivity contribution < 1.29 is 0 Å². The summed E-state index contributed by atoms with van der Waals surface area (Å²) in [7, 11) is 3.36. The molecule has 0 fully saturated rings. The molecule has 0 saturated carbocycles. The maximum Gasteiger partial charge on any atom is 0.202 e. The van der Waals surface area contributed by atoms with Crippen molar-refractivity contribution in [1.29, 1.82) is 5.41 Å². The Balaban J connectivity index is 3.34. The van der Waals surface area contributed by atoms with Crippen LogP contribution in [-0.2, 0) is 0 Å². The monoisotopic (exact) mass is 102 g/mol. The van der Waals surface area contributed by atoms with Gasteiger partial charge in [-0.25, -0.2) is 5.43 Å². The summed E-state index contributed by atoms with van der Waals surface area (Å²) < 4.78 is 0. The Morgan fingerprint density at radius 1 is 1.86 bits per heavy atom. The molecule has 0 aromatic rings. The lowest BCUT2D eigenvalue weighted by Gasteiger charge is -2.12. The summed E-state index contributed by atoms with van der Waals surface area (Å²) in [6.07, 6.45) is 0. The molecular formula is C3H10N4. The average Bonchev–Trinajstić information content (AvgIpc) is 1.65. The van der Waals surface area contributed by atoms with Gasteiger partial charge in [0.1, 0.15) is 0 Å². The van der Waals surface area contributed by atoms with Crippen LogP contribution in [0.3, 0.4) is 0 Å². The van der Waals surface area contributed by atoms with Gasteiger partial charge in [0.25, 0.3) is 0 Å². The Morgan fingerprint density at radius 3 is 2.29 bits per heavy atom. The first-order valence-corrected chi connectivity index (χ1v) is 1.93. The molecule has 4 N–H and O–H groups in total. The molecule has 0 saturated heterocycles. The molecule has 0 amide bonds. The van der Waals surface area contributed by atoms with Crippen LogP contribution in [-0.4, -0.2) is 25.1 Å². The first kappa shape index (κ1) is 6.23. The number of nitrogens with one attached hydrogen (secondary N) is 2. The van der Waals surface area contributed by atoms with Crippen LogP contribution in [0.15, 0.2) is 0 Å². The summed E-state index contributed by atoms with van der Waals surface area (Å²) in [5.41, 5.74) is 7.64. The topological polar surface area (TPSA) is 65.1 Å². The molecule has 4 heteroatoms. The van der Waals surface area contributed by atoms with Gasteiger partial charge in [0, 0.05) is 14.1 Å². The molecule has 0 aliphatic carbocycles. The second kappa shape index (κ2) is 2.41. The highest BCUT2D eigenvalue weighted by atomic mass is 15.5. The summed E-state index contributed by atoms with van der Waals surface area (Å²) in [4.78, 5) is 0. The minimum atomic E-state index is 0.0162. The molecule has 0 bridgehead atoms. The number of hydrogen-bond donors (Lipinski definition) is 3. The Labute approximate surface area is 42.8 Å². The van der Waals surface area contributed by atoms with Crippen molar-refractivity contribution in [3.05, 3.63) is 0 Å². The van der Waals surface area contributed by atoms with Gasteiger partial charge in [-0.1, -0.05) is 0 Å². The highest BCUT2D eigenvalue weighted by Crippen LogP contribution is 1.63. The molecule has 0 aromatic carbocycles. The summed E-state index contributed by atoms with van der Waals surface area (Å²) in [5, 5.41) is 8.14. The SMILES string of the molecule is CNN(C)C(=N)N. The molecular weight excluding hydrogens is 92.1 g/mol. The van der Waals surface area contributed by atoms with E-state index in [4.69, 9.17) is 11.1 Å². The third-order valence-corrected chi connectivity index (χ3v) is 0.697. The third-order valence-electron chi connectivity index (χ3n) is 0.697. The highest BCUT2D eigenvalue weighted by Gasteiger charge is 1.89. The summed E-state index contributed by atoms with van der Waals surface area (Å²) in [5.74, 6) is 0.0162. The maximum atomic E-state index is 6.74. The zero-order chi connectivity index (χ0) is 5.86. The van der Waals surface area contributed by atoms with Crippen LogP contribution < -0.4 is 11.2 Å². The number of nitrogens with zero attached hydrogens (tertiary/aromatic N) is 1. The Morgan fingerprint density at radius 2 is 2.29 bits per heavy atom. The highest BCUT2D eigenvalue weighted by molar-refractivity contribution is 5.73. The second-order valence-electron chi connectivity index (χ2n) is 1.17. The van der Waals surface area contributed by atoms with Gasteiger partial charge in [0.2, 0.25) is 5.96 Å². The number of hydrogen-bond acceptors (Lipinski definition) is 2. The van der Waals surface area contributed by atoms with Crippen molar-refractivity contribution in [3.8, 4) is 0 Å². The zero-order valence-corrected chi connectivity index (χ0v) is 4.52. The normalized spacial score (nSPS) is 8.29. The van der Waals surface area contributed by atoms with Crippen molar-refractivity contribution in [2.75, 3.05) is 14.1 Å². The lowest BCUT2D eigenvalue weighted by Crippen LogP contribution is -2.41. The van der Waals surface area contributed by atoms with E-state index in [1.54, 1.807) is 14.1 Å². The van der Waals surface area contributed by atoms with Gasteiger partial charge >= 0.3 is 0 Å². The lowest BCUT2D eigenvalue weighted by molar-refractivity contribution is 0.402. The number of rotatable bonds is 1. The van der Waals surface area contributed by atoms with Crippen LogP contribution in [0.1, 0.15) is 0 Å². The number of hydrazine groups is 1. The largest absolute Gasteiger partial charge is 0.369 e. The van der Waals surface area contributed by atoms with Gasteiger partial charge in [0.05, 0.1) is 0 Å². The maximum absolute atomic E-state index is 6.74. The molecule has 0 aliphatic rings. The smallest absolute Gasteiger partial charge is 0.202 e. The van der Waals surface area contributed by atoms with Crippen molar-refractivity contribution in [2.24, 2.45) is 5.73 Å². The van der Waals surface area contributed by atoms with E-state index in [-0.39, 0.29) is 5.96 Å². The first-order chi connectivity index (χ1) is 3.18. The van der Waals surface area contributed by atoms with Gasteiger partial charge < -0.3 is 5.73 Å². The number of guanidine groups is 1. The Hall–Kier alpha value is -0.770. The lowest BCUT2D eigenvalue weighted by atomic mass is 10.9. The first-order valence-electron chi connectivity index (χ1n) is 1.93. The van der Waals surface area contributed by atoms with Crippen molar-refractivity contribution in [1.82, 2.24) is 10.4 Å². The minimum Gasteiger partial charge on any atom is -0.369 e. The van der Waals surface area contributed by atoms with Gasteiger partial charge in [-0.05, 0) is 0 Å². The van der Waals surface area contributed by atoms with Gasteiger partial charge in [0.15, 0.2) is 0 Å². The van der Waals surface area contributed by atoms with E-state index in [0.717, 1.165) is 0 Å². The van der Waals surface area contributed by atoms with Crippen LogP contribution in [0.4, 0.5) is 0 Å². The quantitative estimate of drug-likeness (QED) is 0.225. The molecule has 0 rings (SSSR count). The van der Waals surface area contributed by atoms with E-state index in [9.17, 15) is 0 Å². The fraction of sp³-hybridized carbons (Fsp3) is 0.667. The molecule has 4 nitrogen and oxygen atoms in total. The molecule has 0 aromatic heterocycles. The van der Waals surface area contributed by atoms with E-state index in [1.807, 2.05) is 0 Å². The van der Waals surface area contributed by atoms with Gasteiger partial charge in [-0.15, -0.1) is 0 Å². The summed E-state index contributed by atoms with van der Waals surface area (Å²) in [6.45, 7) is 0. The van der Waals surface area contributed by atoms with Crippen LogP contribution in [0.25, 0.3) is 0 Å². The molecule has 7 heavy (non-hydrogen) atoms. The van der Waals surface area contributed by atoms with E-state index < -0.39 is 0 Å².